The number of aromatic nitrogens is 1. The normalized spacial score (nSPS) is 10.3. The minimum absolute atomic E-state index is 0.152. The number of carbonyl (C=O) groups excluding carboxylic acids is 1. The van der Waals surface area contributed by atoms with Crippen LogP contribution in [-0.4, -0.2) is 31.2 Å². The van der Waals surface area contributed by atoms with Gasteiger partial charge < -0.3 is 14.8 Å². The predicted octanol–water partition coefficient (Wildman–Crippen LogP) is 2.69. The smallest absolute Gasteiger partial charge is 0.251 e. The zero-order chi connectivity index (χ0) is 15.8. The van der Waals surface area contributed by atoms with Gasteiger partial charge in [-0.1, -0.05) is 29.8 Å². The lowest BCUT2D eigenvalue weighted by atomic mass is 10.1. The fourth-order valence-corrected chi connectivity index (χ4v) is 2.00. The minimum Gasteiger partial charge on any atom is -0.476 e. The summed E-state index contributed by atoms with van der Waals surface area (Å²) in [5.74, 6) is 0.318. The highest BCUT2D eigenvalue weighted by Crippen LogP contribution is 2.11. The third-order valence-electron chi connectivity index (χ3n) is 2.90. The Morgan fingerprint density at radius 3 is 2.82 bits per heavy atom. The largest absolute Gasteiger partial charge is 0.476 e. The molecule has 2 rings (SSSR count). The summed E-state index contributed by atoms with van der Waals surface area (Å²) in [6.45, 7) is 1.10. The second kappa shape index (κ2) is 8.36. The van der Waals surface area contributed by atoms with Crippen LogP contribution < -0.4 is 10.1 Å². The number of hydrogen-bond donors (Lipinski definition) is 1. The first-order chi connectivity index (χ1) is 10.7. The number of hydrogen-bond acceptors (Lipinski definition) is 4. The number of nitrogens with zero attached hydrogens (tertiary/aromatic N) is 1. The van der Waals surface area contributed by atoms with E-state index in [-0.39, 0.29) is 5.91 Å². The average Bonchev–Trinajstić information content (AvgIpc) is 2.54. The average molecular weight is 321 g/mol. The minimum atomic E-state index is -0.152. The molecule has 1 N–H and O–H groups in total. The summed E-state index contributed by atoms with van der Waals surface area (Å²) in [4.78, 5) is 16.1. The molecular formula is C16H17ClN2O3. The van der Waals surface area contributed by atoms with Crippen LogP contribution in [0.4, 0.5) is 0 Å². The maximum Gasteiger partial charge on any atom is 0.251 e. The summed E-state index contributed by atoms with van der Waals surface area (Å²) in [6, 6.07) is 10.7. The number of carbonyl (C=O) groups is 1. The van der Waals surface area contributed by atoms with Gasteiger partial charge in [0.15, 0.2) is 0 Å². The van der Waals surface area contributed by atoms with Gasteiger partial charge in [-0.25, -0.2) is 4.98 Å². The number of halogens is 1. The molecule has 0 bridgehead atoms. The molecular weight excluding hydrogens is 304 g/mol. The van der Waals surface area contributed by atoms with E-state index in [1.54, 1.807) is 25.3 Å². The molecule has 0 aliphatic carbocycles. The molecule has 1 aromatic carbocycles. The lowest BCUT2D eigenvalue weighted by Crippen LogP contribution is -2.29. The molecule has 0 fully saturated rings. The fourth-order valence-electron chi connectivity index (χ4n) is 1.89. The van der Waals surface area contributed by atoms with Crippen molar-refractivity contribution in [1.82, 2.24) is 10.3 Å². The van der Waals surface area contributed by atoms with Crippen LogP contribution in [0.15, 0.2) is 42.6 Å². The molecule has 0 atom stereocenters. The summed E-state index contributed by atoms with van der Waals surface area (Å²) in [6.07, 6.45) is 1.51. The first-order valence-electron chi connectivity index (χ1n) is 6.80. The Bertz CT molecular complexity index is 617. The number of methoxy groups -OCH3 is 1. The van der Waals surface area contributed by atoms with E-state index in [1.807, 2.05) is 18.2 Å². The summed E-state index contributed by atoms with van der Waals surface area (Å²) < 4.78 is 10.5. The molecule has 0 saturated heterocycles. The van der Waals surface area contributed by atoms with Crippen LogP contribution in [0.2, 0.25) is 5.02 Å². The van der Waals surface area contributed by atoms with Crippen LogP contribution >= 0.6 is 11.6 Å². The number of benzene rings is 1. The van der Waals surface area contributed by atoms with E-state index in [2.05, 4.69) is 10.3 Å². The van der Waals surface area contributed by atoms with E-state index in [9.17, 15) is 4.79 Å². The maximum absolute atomic E-state index is 12.1. The molecule has 0 saturated carbocycles. The standard InChI is InChI=1S/C16H17ClN2O3/c1-21-11-12-4-2-3-5-14(12)16(20)18-8-9-22-15-7-6-13(17)10-19-15/h2-7,10H,8-9,11H2,1H3,(H,18,20). The Hall–Kier alpha value is -2.11. The Balaban J connectivity index is 1.81. The third kappa shape index (κ3) is 4.72. The fraction of sp³-hybridized carbons (Fsp3) is 0.250. The molecule has 0 unspecified atom stereocenters. The molecule has 1 aromatic heterocycles. The van der Waals surface area contributed by atoms with E-state index >= 15 is 0 Å². The van der Waals surface area contributed by atoms with Gasteiger partial charge >= 0.3 is 0 Å². The zero-order valence-electron chi connectivity index (χ0n) is 12.2. The Labute approximate surface area is 134 Å². The quantitative estimate of drug-likeness (QED) is 0.797. The molecule has 1 heterocycles. The molecule has 5 nitrogen and oxygen atoms in total. The van der Waals surface area contributed by atoms with Crippen molar-refractivity contribution >= 4 is 17.5 Å². The SMILES string of the molecule is COCc1ccccc1C(=O)NCCOc1ccc(Cl)cn1. The molecule has 1 amide bonds. The van der Waals surface area contributed by atoms with Crippen molar-refractivity contribution in [2.75, 3.05) is 20.3 Å². The molecule has 116 valence electrons. The monoisotopic (exact) mass is 320 g/mol. The summed E-state index contributed by atoms with van der Waals surface area (Å²) in [5, 5.41) is 3.36. The van der Waals surface area contributed by atoms with Gasteiger partial charge in [-0.15, -0.1) is 0 Å². The van der Waals surface area contributed by atoms with Crippen LogP contribution in [0.3, 0.4) is 0 Å². The molecule has 22 heavy (non-hydrogen) atoms. The van der Waals surface area contributed by atoms with Gasteiger partial charge in [0.25, 0.3) is 5.91 Å². The van der Waals surface area contributed by atoms with Crippen molar-refractivity contribution < 1.29 is 14.3 Å². The second-order valence-electron chi connectivity index (χ2n) is 4.51. The zero-order valence-corrected chi connectivity index (χ0v) is 13.0. The summed E-state index contributed by atoms with van der Waals surface area (Å²) in [7, 11) is 1.60. The van der Waals surface area contributed by atoms with E-state index in [0.717, 1.165) is 5.56 Å². The molecule has 0 aliphatic rings. The molecule has 0 radical (unpaired) electrons. The van der Waals surface area contributed by atoms with Crippen LogP contribution in [0.1, 0.15) is 15.9 Å². The number of ether oxygens (including phenoxy) is 2. The van der Waals surface area contributed by atoms with Gasteiger partial charge in [0.05, 0.1) is 18.2 Å². The van der Waals surface area contributed by atoms with Crippen molar-refractivity contribution in [3.05, 3.63) is 58.7 Å². The van der Waals surface area contributed by atoms with Gasteiger partial charge in [0.2, 0.25) is 5.88 Å². The van der Waals surface area contributed by atoms with Gasteiger partial charge in [-0.3, -0.25) is 4.79 Å². The third-order valence-corrected chi connectivity index (χ3v) is 3.12. The lowest BCUT2D eigenvalue weighted by Gasteiger charge is -2.10. The van der Waals surface area contributed by atoms with Crippen molar-refractivity contribution in [1.29, 1.82) is 0 Å². The maximum atomic E-state index is 12.1. The predicted molar refractivity (Wildman–Crippen MR) is 84.2 cm³/mol. The Morgan fingerprint density at radius 1 is 1.27 bits per heavy atom. The van der Waals surface area contributed by atoms with Crippen molar-refractivity contribution in [2.45, 2.75) is 6.61 Å². The second-order valence-corrected chi connectivity index (χ2v) is 4.95. The Kier molecular flexibility index (Phi) is 6.18. The van der Waals surface area contributed by atoms with Crippen LogP contribution in [0.5, 0.6) is 5.88 Å². The Morgan fingerprint density at radius 2 is 2.09 bits per heavy atom. The van der Waals surface area contributed by atoms with Gasteiger partial charge in [0, 0.05) is 24.9 Å². The summed E-state index contributed by atoms with van der Waals surface area (Å²) >= 11 is 5.74. The van der Waals surface area contributed by atoms with Gasteiger partial charge in [0.1, 0.15) is 6.61 Å². The van der Waals surface area contributed by atoms with E-state index in [4.69, 9.17) is 21.1 Å². The van der Waals surface area contributed by atoms with Gasteiger partial charge in [-0.2, -0.15) is 0 Å². The lowest BCUT2D eigenvalue weighted by molar-refractivity contribution is 0.0941. The van der Waals surface area contributed by atoms with E-state index in [1.165, 1.54) is 6.20 Å². The highest BCUT2D eigenvalue weighted by atomic mass is 35.5. The van der Waals surface area contributed by atoms with Crippen molar-refractivity contribution in [3.63, 3.8) is 0 Å². The molecule has 6 heteroatoms. The van der Waals surface area contributed by atoms with Crippen LogP contribution in [-0.2, 0) is 11.3 Å². The van der Waals surface area contributed by atoms with Crippen LogP contribution in [0.25, 0.3) is 0 Å². The number of pyridine rings is 1. The first kappa shape index (κ1) is 16.3. The molecule has 0 aliphatic heterocycles. The summed E-state index contributed by atoms with van der Waals surface area (Å²) in [5.41, 5.74) is 1.46. The van der Waals surface area contributed by atoms with Crippen molar-refractivity contribution in [2.24, 2.45) is 0 Å². The van der Waals surface area contributed by atoms with E-state index in [0.29, 0.717) is 36.2 Å². The molecule has 2 aromatic rings. The number of nitrogens with one attached hydrogen (secondary N) is 1. The highest BCUT2D eigenvalue weighted by Gasteiger charge is 2.10. The number of amides is 1. The van der Waals surface area contributed by atoms with Crippen molar-refractivity contribution in [3.8, 4) is 5.88 Å². The number of rotatable bonds is 7. The van der Waals surface area contributed by atoms with E-state index < -0.39 is 0 Å². The van der Waals surface area contributed by atoms with Crippen LogP contribution in [0, 0.1) is 0 Å². The highest BCUT2D eigenvalue weighted by molar-refractivity contribution is 6.30. The topological polar surface area (TPSA) is 60.5 Å². The van der Waals surface area contributed by atoms with Gasteiger partial charge in [-0.05, 0) is 17.7 Å². The first-order valence-corrected chi connectivity index (χ1v) is 7.18. The molecule has 0 spiro atoms.